The molecule has 0 saturated heterocycles. The number of hydrogen-bond acceptors (Lipinski definition) is 5. The van der Waals surface area contributed by atoms with Gasteiger partial charge in [0.25, 0.3) is 0 Å². The van der Waals surface area contributed by atoms with Gasteiger partial charge in [-0.3, -0.25) is 0 Å². The number of anilines is 1. The highest BCUT2D eigenvalue weighted by Crippen LogP contribution is 2.25. The van der Waals surface area contributed by atoms with Crippen LogP contribution in [0.25, 0.3) is 0 Å². The molecular formula is C10H15BFNO4S. The molecule has 0 unspecified atom stereocenters. The third-order valence-electron chi connectivity index (χ3n) is 3.10. The number of rotatable bonds is 3. The fraction of sp³-hybridized carbons (Fsp3) is 0.400. The van der Waals surface area contributed by atoms with Crippen LogP contribution >= 0.6 is 0 Å². The number of benzene rings is 1. The molecule has 18 heavy (non-hydrogen) atoms. The number of hydrogen-bond donors (Lipinski definition) is 3. The molecule has 0 amide bonds. The van der Waals surface area contributed by atoms with Crippen LogP contribution in [0.1, 0.15) is 22.3 Å². The van der Waals surface area contributed by atoms with Crippen molar-refractivity contribution in [2.45, 2.75) is 26.5 Å². The van der Waals surface area contributed by atoms with Crippen molar-refractivity contribution in [1.29, 1.82) is 0 Å². The van der Waals surface area contributed by atoms with Crippen LogP contribution in [0.4, 0.5) is 9.57 Å². The van der Waals surface area contributed by atoms with Gasteiger partial charge in [0.15, 0.2) is 0 Å². The Morgan fingerprint density at radius 3 is 2.06 bits per heavy atom. The fourth-order valence-corrected chi connectivity index (χ4v) is 2.87. The Bertz CT molecular complexity index is 586. The maximum absolute atomic E-state index is 12.8. The van der Waals surface area contributed by atoms with Crippen LogP contribution < -0.4 is 11.2 Å². The first-order chi connectivity index (χ1) is 8.06. The van der Waals surface area contributed by atoms with E-state index in [-0.39, 0.29) is 16.7 Å². The minimum atomic E-state index is -4.71. The Labute approximate surface area is 106 Å². The van der Waals surface area contributed by atoms with Gasteiger partial charge >= 0.3 is 17.3 Å². The summed E-state index contributed by atoms with van der Waals surface area (Å²) in [4.78, 5) is 0. The molecule has 0 aromatic heterocycles. The zero-order valence-electron chi connectivity index (χ0n) is 10.4. The topological polar surface area (TPSA) is 101 Å². The first-order valence-corrected chi connectivity index (χ1v) is 6.78. The average molecular weight is 275 g/mol. The predicted octanol–water partition coefficient (Wildman–Crippen LogP) is -0.327. The molecule has 0 atom stereocenters. The molecule has 0 bridgehead atoms. The van der Waals surface area contributed by atoms with Crippen molar-refractivity contribution in [3.05, 3.63) is 22.3 Å². The van der Waals surface area contributed by atoms with Crippen molar-refractivity contribution in [1.82, 2.24) is 0 Å². The van der Waals surface area contributed by atoms with Gasteiger partial charge in [-0.15, -0.1) is 3.89 Å². The Morgan fingerprint density at radius 2 is 1.67 bits per heavy atom. The normalized spacial score (nSPS) is 11.7. The van der Waals surface area contributed by atoms with Gasteiger partial charge in [0.05, 0.1) is 0 Å². The lowest BCUT2D eigenvalue weighted by Gasteiger charge is -2.19. The van der Waals surface area contributed by atoms with Crippen molar-refractivity contribution < 1.29 is 22.4 Å². The minimum Gasteiger partial charge on any atom is -0.423 e. The Balaban J connectivity index is 3.62. The van der Waals surface area contributed by atoms with Gasteiger partial charge < -0.3 is 15.8 Å². The van der Waals surface area contributed by atoms with Crippen LogP contribution in [-0.2, 0) is 16.0 Å². The van der Waals surface area contributed by atoms with E-state index >= 15 is 0 Å². The summed E-state index contributed by atoms with van der Waals surface area (Å²) < 4.78 is 34.3. The molecule has 1 aromatic carbocycles. The quantitative estimate of drug-likeness (QED) is 0.398. The molecule has 5 nitrogen and oxygen atoms in total. The highest BCUT2D eigenvalue weighted by molar-refractivity contribution is 7.85. The van der Waals surface area contributed by atoms with Crippen LogP contribution in [0.15, 0.2) is 0 Å². The maximum atomic E-state index is 12.8. The second-order valence-corrected chi connectivity index (χ2v) is 5.60. The van der Waals surface area contributed by atoms with Gasteiger partial charge in [-0.1, -0.05) is 0 Å². The molecule has 1 aromatic rings. The summed E-state index contributed by atoms with van der Waals surface area (Å²) in [6.45, 7) is 4.68. The second kappa shape index (κ2) is 4.87. The maximum Gasteiger partial charge on any atom is 0.489 e. The molecule has 4 N–H and O–H groups in total. The zero-order chi connectivity index (χ0) is 14.2. The van der Waals surface area contributed by atoms with Crippen LogP contribution in [0.5, 0.6) is 0 Å². The third-order valence-corrected chi connectivity index (χ3v) is 3.73. The summed E-state index contributed by atoms with van der Waals surface area (Å²) in [5.41, 5.74) is 7.53. The SMILES string of the molecule is Cc1c(N)c(C)c(B(O)O)c(C)c1CS(=O)(=O)F. The van der Waals surface area contributed by atoms with Gasteiger partial charge in [-0.05, 0) is 48.5 Å². The summed E-state index contributed by atoms with van der Waals surface area (Å²) >= 11 is 0. The Hall–Kier alpha value is -1.12. The van der Waals surface area contributed by atoms with Crippen LogP contribution in [0.2, 0.25) is 0 Å². The molecule has 0 aliphatic rings. The predicted molar refractivity (Wildman–Crippen MR) is 68.6 cm³/mol. The highest BCUT2D eigenvalue weighted by Gasteiger charge is 2.25. The van der Waals surface area contributed by atoms with E-state index in [1.807, 2.05) is 0 Å². The molecule has 0 aliphatic carbocycles. The molecule has 0 heterocycles. The Morgan fingerprint density at radius 1 is 1.17 bits per heavy atom. The van der Waals surface area contributed by atoms with E-state index in [9.17, 15) is 22.4 Å². The Kier molecular flexibility index (Phi) is 4.04. The van der Waals surface area contributed by atoms with Gasteiger partial charge in [0.1, 0.15) is 5.75 Å². The van der Waals surface area contributed by atoms with E-state index in [1.54, 1.807) is 13.8 Å². The van der Waals surface area contributed by atoms with E-state index < -0.39 is 23.1 Å². The van der Waals surface area contributed by atoms with Gasteiger partial charge in [-0.25, -0.2) is 0 Å². The average Bonchev–Trinajstić information content (AvgIpc) is 2.20. The first-order valence-electron chi connectivity index (χ1n) is 5.22. The summed E-state index contributed by atoms with van der Waals surface area (Å²) in [7, 11) is -6.50. The van der Waals surface area contributed by atoms with Crippen molar-refractivity contribution in [2.75, 3.05) is 5.73 Å². The second-order valence-electron chi connectivity index (χ2n) is 4.24. The van der Waals surface area contributed by atoms with E-state index in [0.717, 1.165) is 0 Å². The van der Waals surface area contributed by atoms with Gasteiger partial charge in [0, 0.05) is 5.69 Å². The summed E-state index contributed by atoms with van der Waals surface area (Å²) in [6, 6.07) is 0. The lowest BCUT2D eigenvalue weighted by molar-refractivity contribution is 0.425. The van der Waals surface area contributed by atoms with Crippen molar-refractivity contribution in [3.8, 4) is 0 Å². The zero-order valence-corrected chi connectivity index (χ0v) is 11.2. The number of nitrogen functional groups attached to an aromatic ring is 1. The largest absolute Gasteiger partial charge is 0.489 e. The first kappa shape index (κ1) is 14.9. The standard InChI is InChI=1S/C10H15BFNO4S/c1-5-8(4-18(12,16)17)6(2)10(13)7(3)9(5)11(14)15/h14-15H,4,13H2,1-3H3. The van der Waals surface area contributed by atoms with Gasteiger partial charge in [0.2, 0.25) is 0 Å². The van der Waals surface area contributed by atoms with E-state index in [1.165, 1.54) is 6.92 Å². The summed E-state index contributed by atoms with van der Waals surface area (Å²) in [5.74, 6) is -0.825. The molecule has 0 radical (unpaired) electrons. The highest BCUT2D eigenvalue weighted by atomic mass is 32.3. The van der Waals surface area contributed by atoms with Crippen molar-refractivity contribution in [3.63, 3.8) is 0 Å². The van der Waals surface area contributed by atoms with E-state index in [4.69, 9.17) is 5.73 Å². The number of nitrogens with two attached hydrogens (primary N) is 1. The molecule has 8 heteroatoms. The van der Waals surface area contributed by atoms with Crippen molar-refractivity contribution in [2.24, 2.45) is 0 Å². The molecule has 0 saturated carbocycles. The molecule has 100 valence electrons. The molecule has 0 aliphatic heterocycles. The lowest BCUT2D eigenvalue weighted by Crippen LogP contribution is -2.36. The number of halogens is 1. The van der Waals surface area contributed by atoms with E-state index in [0.29, 0.717) is 16.7 Å². The molecule has 1 rings (SSSR count). The molecule has 0 fully saturated rings. The molecule has 0 spiro atoms. The smallest absolute Gasteiger partial charge is 0.423 e. The third kappa shape index (κ3) is 2.82. The van der Waals surface area contributed by atoms with E-state index in [2.05, 4.69) is 0 Å². The minimum absolute atomic E-state index is 0.122. The van der Waals surface area contributed by atoms with Crippen LogP contribution in [0, 0.1) is 20.8 Å². The monoisotopic (exact) mass is 275 g/mol. The van der Waals surface area contributed by atoms with Crippen LogP contribution in [-0.4, -0.2) is 25.6 Å². The lowest BCUT2D eigenvalue weighted by atomic mass is 9.72. The molecular weight excluding hydrogens is 260 g/mol. The summed E-state index contributed by atoms with van der Waals surface area (Å²) in [5, 5.41) is 18.6. The van der Waals surface area contributed by atoms with Crippen LogP contribution in [0.3, 0.4) is 0 Å². The van der Waals surface area contributed by atoms with Gasteiger partial charge in [-0.2, -0.15) is 8.42 Å². The summed E-state index contributed by atoms with van der Waals surface area (Å²) in [6.07, 6.45) is 0. The fourth-order valence-electron chi connectivity index (χ4n) is 2.09. The van der Waals surface area contributed by atoms with Crippen molar-refractivity contribution >= 4 is 28.5 Å².